The molecule has 0 radical (unpaired) electrons. The molecule has 1 unspecified atom stereocenters. The quantitative estimate of drug-likeness (QED) is 0.765. The molecule has 2 aromatic carbocycles. The number of halogens is 2. The SMILES string of the molecule is NC(Cc1ccnc2ccccc12)c1cccc(F)c1Br. The molecule has 106 valence electrons. The first-order valence-corrected chi connectivity index (χ1v) is 7.48. The van der Waals surface area contributed by atoms with Gasteiger partial charge in [-0.1, -0.05) is 30.3 Å². The number of hydrogen-bond acceptors (Lipinski definition) is 2. The lowest BCUT2D eigenvalue weighted by Gasteiger charge is -2.15. The molecule has 1 atom stereocenters. The molecular weight excluding hydrogens is 331 g/mol. The normalized spacial score (nSPS) is 12.5. The summed E-state index contributed by atoms with van der Waals surface area (Å²) in [5.41, 5.74) is 9.10. The van der Waals surface area contributed by atoms with Crippen molar-refractivity contribution in [2.75, 3.05) is 0 Å². The predicted octanol–water partition coefficient (Wildman–Crippen LogP) is 4.38. The Balaban J connectivity index is 1.97. The first-order chi connectivity index (χ1) is 10.2. The third kappa shape index (κ3) is 2.82. The van der Waals surface area contributed by atoms with Crippen molar-refractivity contribution >= 4 is 26.8 Å². The molecule has 0 saturated carbocycles. The maximum Gasteiger partial charge on any atom is 0.137 e. The molecule has 2 N–H and O–H groups in total. The molecule has 0 amide bonds. The second-order valence-electron chi connectivity index (χ2n) is 4.94. The maximum atomic E-state index is 13.6. The highest BCUT2D eigenvalue weighted by molar-refractivity contribution is 9.10. The first-order valence-electron chi connectivity index (χ1n) is 6.69. The van der Waals surface area contributed by atoms with Gasteiger partial charge in [0.05, 0.1) is 9.99 Å². The summed E-state index contributed by atoms with van der Waals surface area (Å²) in [6.07, 6.45) is 2.41. The van der Waals surface area contributed by atoms with Crippen LogP contribution in [0, 0.1) is 5.82 Å². The fourth-order valence-corrected chi connectivity index (χ4v) is 3.05. The monoisotopic (exact) mass is 344 g/mol. The summed E-state index contributed by atoms with van der Waals surface area (Å²) < 4.78 is 14.1. The number of fused-ring (bicyclic) bond motifs is 1. The van der Waals surface area contributed by atoms with Gasteiger partial charge in [0.1, 0.15) is 5.82 Å². The largest absolute Gasteiger partial charge is 0.324 e. The number of hydrogen-bond donors (Lipinski definition) is 1. The van der Waals surface area contributed by atoms with E-state index in [1.54, 1.807) is 12.3 Å². The summed E-state index contributed by atoms with van der Waals surface area (Å²) >= 11 is 3.28. The number of benzene rings is 2. The molecule has 0 bridgehead atoms. The average molecular weight is 345 g/mol. The number of aromatic nitrogens is 1. The van der Waals surface area contributed by atoms with Crippen LogP contribution in [0.25, 0.3) is 10.9 Å². The van der Waals surface area contributed by atoms with Crippen molar-refractivity contribution in [1.82, 2.24) is 4.98 Å². The van der Waals surface area contributed by atoms with Gasteiger partial charge in [-0.05, 0) is 51.7 Å². The molecule has 1 heterocycles. The van der Waals surface area contributed by atoms with Crippen LogP contribution in [0.4, 0.5) is 4.39 Å². The molecule has 0 spiro atoms. The maximum absolute atomic E-state index is 13.6. The third-order valence-corrected chi connectivity index (χ3v) is 4.40. The Morgan fingerprint density at radius 1 is 1.10 bits per heavy atom. The average Bonchev–Trinajstić information content (AvgIpc) is 2.50. The van der Waals surface area contributed by atoms with Gasteiger partial charge < -0.3 is 5.73 Å². The lowest BCUT2D eigenvalue weighted by Crippen LogP contribution is -2.14. The number of nitrogens with two attached hydrogens (primary N) is 1. The topological polar surface area (TPSA) is 38.9 Å². The van der Waals surface area contributed by atoms with Crippen molar-refractivity contribution in [1.29, 1.82) is 0 Å². The van der Waals surface area contributed by atoms with Crippen LogP contribution in [0.3, 0.4) is 0 Å². The smallest absolute Gasteiger partial charge is 0.137 e. The Morgan fingerprint density at radius 2 is 1.90 bits per heavy atom. The Hall–Kier alpha value is -1.78. The molecule has 1 aromatic heterocycles. The third-order valence-electron chi connectivity index (χ3n) is 3.56. The molecule has 21 heavy (non-hydrogen) atoms. The zero-order chi connectivity index (χ0) is 14.8. The molecule has 3 aromatic rings. The summed E-state index contributed by atoms with van der Waals surface area (Å²) in [7, 11) is 0. The predicted molar refractivity (Wildman–Crippen MR) is 86.5 cm³/mol. The van der Waals surface area contributed by atoms with E-state index in [2.05, 4.69) is 20.9 Å². The lowest BCUT2D eigenvalue weighted by molar-refractivity contribution is 0.610. The van der Waals surface area contributed by atoms with Gasteiger partial charge in [-0.25, -0.2) is 4.39 Å². The van der Waals surface area contributed by atoms with E-state index in [9.17, 15) is 4.39 Å². The highest BCUT2D eigenvalue weighted by atomic mass is 79.9. The molecule has 0 aliphatic heterocycles. The number of rotatable bonds is 3. The summed E-state index contributed by atoms with van der Waals surface area (Å²) in [5, 5.41) is 1.09. The van der Waals surface area contributed by atoms with E-state index < -0.39 is 0 Å². The van der Waals surface area contributed by atoms with E-state index in [4.69, 9.17) is 5.73 Å². The zero-order valence-electron chi connectivity index (χ0n) is 11.3. The van der Waals surface area contributed by atoms with E-state index in [1.807, 2.05) is 36.4 Å². The zero-order valence-corrected chi connectivity index (χ0v) is 12.8. The van der Waals surface area contributed by atoms with E-state index >= 15 is 0 Å². The Labute approximate surface area is 130 Å². The number of para-hydroxylation sites is 1. The molecule has 0 fully saturated rings. The van der Waals surface area contributed by atoms with Crippen molar-refractivity contribution < 1.29 is 4.39 Å². The van der Waals surface area contributed by atoms with Crippen molar-refractivity contribution in [3.63, 3.8) is 0 Å². The van der Waals surface area contributed by atoms with E-state index in [0.29, 0.717) is 10.9 Å². The molecule has 0 saturated heterocycles. The van der Waals surface area contributed by atoms with Gasteiger partial charge in [-0.3, -0.25) is 4.98 Å². The highest BCUT2D eigenvalue weighted by Gasteiger charge is 2.14. The van der Waals surface area contributed by atoms with Crippen molar-refractivity contribution in [3.05, 3.63) is 76.1 Å². The highest BCUT2D eigenvalue weighted by Crippen LogP contribution is 2.28. The van der Waals surface area contributed by atoms with Gasteiger partial charge in [-0.15, -0.1) is 0 Å². The van der Waals surface area contributed by atoms with E-state index in [1.165, 1.54) is 6.07 Å². The lowest BCUT2D eigenvalue weighted by atomic mass is 9.97. The van der Waals surface area contributed by atoms with E-state index in [0.717, 1.165) is 22.0 Å². The van der Waals surface area contributed by atoms with E-state index in [-0.39, 0.29) is 11.9 Å². The van der Waals surface area contributed by atoms with Crippen molar-refractivity contribution in [2.45, 2.75) is 12.5 Å². The second-order valence-corrected chi connectivity index (χ2v) is 5.73. The first kappa shape index (κ1) is 14.2. The Kier molecular flexibility index (Phi) is 3.99. The number of nitrogens with zero attached hydrogens (tertiary/aromatic N) is 1. The molecule has 0 aliphatic rings. The minimum absolute atomic E-state index is 0.277. The minimum Gasteiger partial charge on any atom is -0.324 e. The second kappa shape index (κ2) is 5.92. The molecule has 0 aliphatic carbocycles. The van der Waals surface area contributed by atoms with Crippen molar-refractivity contribution in [2.24, 2.45) is 5.73 Å². The van der Waals surface area contributed by atoms with Crippen LogP contribution in [0.2, 0.25) is 0 Å². The van der Waals surface area contributed by atoms with Crippen LogP contribution < -0.4 is 5.73 Å². The van der Waals surface area contributed by atoms with Crippen LogP contribution in [0.1, 0.15) is 17.2 Å². The molecule has 4 heteroatoms. The summed E-state index contributed by atoms with van der Waals surface area (Å²) in [5.74, 6) is -0.289. The van der Waals surface area contributed by atoms with Crippen LogP contribution in [-0.4, -0.2) is 4.98 Å². The van der Waals surface area contributed by atoms with Gasteiger partial charge in [0.15, 0.2) is 0 Å². The fraction of sp³-hybridized carbons (Fsp3) is 0.118. The standard InChI is InChI=1S/C17H14BrFN2/c18-17-13(5-3-6-14(17)19)15(20)10-11-8-9-21-16-7-2-1-4-12(11)16/h1-9,15H,10,20H2. The van der Waals surface area contributed by atoms with Gasteiger partial charge >= 0.3 is 0 Å². The summed E-state index contributed by atoms with van der Waals surface area (Å²) in [4.78, 5) is 4.34. The Bertz CT molecular complexity index is 783. The van der Waals surface area contributed by atoms with Crippen LogP contribution in [0.15, 0.2) is 59.2 Å². The number of pyridine rings is 1. The molecular formula is C17H14BrFN2. The molecule has 3 rings (SSSR count). The van der Waals surface area contributed by atoms with Crippen LogP contribution in [0.5, 0.6) is 0 Å². The summed E-state index contributed by atoms with van der Waals surface area (Å²) in [6.45, 7) is 0. The fourth-order valence-electron chi connectivity index (χ4n) is 2.49. The van der Waals surface area contributed by atoms with Gasteiger partial charge in [0.2, 0.25) is 0 Å². The van der Waals surface area contributed by atoms with Gasteiger partial charge in [0.25, 0.3) is 0 Å². The molecule has 2 nitrogen and oxygen atoms in total. The Morgan fingerprint density at radius 3 is 2.76 bits per heavy atom. The summed E-state index contributed by atoms with van der Waals surface area (Å²) in [6, 6.07) is 14.6. The minimum atomic E-state index is -0.289. The van der Waals surface area contributed by atoms with Gasteiger partial charge in [-0.2, -0.15) is 0 Å². The van der Waals surface area contributed by atoms with Crippen LogP contribution in [-0.2, 0) is 6.42 Å². The van der Waals surface area contributed by atoms with Gasteiger partial charge in [0, 0.05) is 17.6 Å². The van der Waals surface area contributed by atoms with Crippen molar-refractivity contribution in [3.8, 4) is 0 Å². The van der Waals surface area contributed by atoms with Crippen LogP contribution >= 0.6 is 15.9 Å².